The maximum Gasteiger partial charge on any atom is 0.104 e. The van der Waals surface area contributed by atoms with Crippen LogP contribution in [-0.4, -0.2) is 5.54 Å². The summed E-state index contributed by atoms with van der Waals surface area (Å²) in [6.07, 6.45) is 4.46. The third-order valence-corrected chi connectivity index (χ3v) is 3.64. The molecule has 0 amide bonds. The molecule has 16 heavy (non-hydrogen) atoms. The molecule has 0 spiro atoms. The van der Waals surface area contributed by atoms with Crippen molar-refractivity contribution in [2.45, 2.75) is 51.6 Å². The first kappa shape index (κ1) is 13.2. The second-order valence-corrected chi connectivity index (χ2v) is 5.37. The Morgan fingerprint density at radius 2 is 2.31 bits per heavy atom. The molecule has 0 saturated heterocycles. The van der Waals surface area contributed by atoms with Crippen LogP contribution in [0.25, 0.3) is 0 Å². The molecule has 0 aromatic carbocycles. The van der Waals surface area contributed by atoms with E-state index in [2.05, 4.69) is 29.8 Å². The van der Waals surface area contributed by atoms with Gasteiger partial charge in [-0.1, -0.05) is 32.3 Å². The largest absolute Gasteiger partial charge is 0.295 e. The van der Waals surface area contributed by atoms with Gasteiger partial charge in [0.25, 0.3) is 0 Å². The van der Waals surface area contributed by atoms with Crippen LogP contribution in [0.3, 0.4) is 0 Å². The van der Waals surface area contributed by atoms with E-state index >= 15 is 0 Å². The maximum atomic E-state index is 9.20. The van der Waals surface area contributed by atoms with Crippen molar-refractivity contribution in [3.05, 3.63) is 22.4 Å². The molecule has 0 radical (unpaired) electrons. The van der Waals surface area contributed by atoms with Gasteiger partial charge < -0.3 is 0 Å². The van der Waals surface area contributed by atoms with Crippen LogP contribution in [0, 0.1) is 11.3 Å². The van der Waals surface area contributed by atoms with E-state index in [0.717, 1.165) is 19.4 Å². The number of hydrogen-bond donors (Lipinski definition) is 1. The van der Waals surface area contributed by atoms with E-state index in [-0.39, 0.29) is 5.54 Å². The van der Waals surface area contributed by atoms with Crippen LogP contribution >= 0.6 is 11.3 Å². The molecular weight excluding hydrogens is 216 g/mol. The highest BCUT2D eigenvalue weighted by Crippen LogP contribution is 2.16. The van der Waals surface area contributed by atoms with E-state index in [9.17, 15) is 5.26 Å². The quantitative estimate of drug-likeness (QED) is 0.733. The number of nitrogens with zero attached hydrogens (tertiary/aromatic N) is 1. The lowest BCUT2D eigenvalue weighted by Gasteiger charge is -2.22. The molecule has 88 valence electrons. The SMILES string of the molecule is CCCCCC(C)(C#N)NCc1cccs1. The Morgan fingerprint density at radius 1 is 1.50 bits per heavy atom. The Labute approximate surface area is 102 Å². The van der Waals surface area contributed by atoms with Gasteiger partial charge in [0.15, 0.2) is 0 Å². The predicted molar refractivity (Wildman–Crippen MR) is 69.3 cm³/mol. The highest BCUT2D eigenvalue weighted by Gasteiger charge is 2.22. The number of hydrogen-bond acceptors (Lipinski definition) is 3. The number of unbranched alkanes of at least 4 members (excludes halogenated alkanes) is 2. The molecule has 1 N–H and O–H groups in total. The fraction of sp³-hybridized carbons (Fsp3) is 0.615. The summed E-state index contributed by atoms with van der Waals surface area (Å²) in [6, 6.07) is 6.54. The first-order chi connectivity index (χ1) is 7.70. The summed E-state index contributed by atoms with van der Waals surface area (Å²) in [6.45, 7) is 4.98. The van der Waals surface area contributed by atoms with Crippen molar-refractivity contribution < 1.29 is 0 Å². The van der Waals surface area contributed by atoms with Crippen LogP contribution in [0.2, 0.25) is 0 Å². The molecule has 0 aliphatic heterocycles. The summed E-state index contributed by atoms with van der Waals surface area (Å²) in [4.78, 5) is 1.29. The lowest BCUT2D eigenvalue weighted by Crippen LogP contribution is -2.40. The monoisotopic (exact) mass is 236 g/mol. The number of thiophene rings is 1. The van der Waals surface area contributed by atoms with Gasteiger partial charge in [0.05, 0.1) is 6.07 Å². The van der Waals surface area contributed by atoms with Gasteiger partial charge in [0, 0.05) is 11.4 Å². The number of nitriles is 1. The lowest BCUT2D eigenvalue weighted by atomic mass is 9.96. The van der Waals surface area contributed by atoms with Crippen molar-refractivity contribution in [3.63, 3.8) is 0 Å². The van der Waals surface area contributed by atoms with E-state index in [1.165, 1.54) is 17.7 Å². The molecule has 0 bridgehead atoms. The van der Waals surface area contributed by atoms with Gasteiger partial charge in [-0.05, 0) is 24.8 Å². The van der Waals surface area contributed by atoms with Gasteiger partial charge >= 0.3 is 0 Å². The second-order valence-electron chi connectivity index (χ2n) is 4.33. The van der Waals surface area contributed by atoms with Crippen molar-refractivity contribution in [3.8, 4) is 6.07 Å². The Kier molecular flexibility index (Phi) is 5.51. The molecule has 1 aromatic heterocycles. The zero-order valence-corrected chi connectivity index (χ0v) is 10.9. The van der Waals surface area contributed by atoms with Crippen molar-refractivity contribution in [2.75, 3.05) is 0 Å². The fourth-order valence-corrected chi connectivity index (χ4v) is 2.25. The van der Waals surface area contributed by atoms with Crippen LogP contribution < -0.4 is 5.32 Å². The first-order valence-corrected chi connectivity index (χ1v) is 6.77. The molecule has 1 rings (SSSR count). The molecule has 3 heteroatoms. The number of rotatable bonds is 7. The van der Waals surface area contributed by atoms with Crippen molar-refractivity contribution >= 4 is 11.3 Å². The van der Waals surface area contributed by atoms with Crippen LogP contribution in [0.15, 0.2) is 17.5 Å². The molecule has 2 nitrogen and oxygen atoms in total. The molecule has 1 aromatic rings. The Hall–Kier alpha value is -0.850. The lowest BCUT2D eigenvalue weighted by molar-refractivity contribution is 0.400. The van der Waals surface area contributed by atoms with Crippen LogP contribution in [0.4, 0.5) is 0 Å². The van der Waals surface area contributed by atoms with Crippen LogP contribution in [0.5, 0.6) is 0 Å². The topological polar surface area (TPSA) is 35.8 Å². The van der Waals surface area contributed by atoms with E-state index in [4.69, 9.17) is 0 Å². The van der Waals surface area contributed by atoms with Crippen molar-refractivity contribution in [2.24, 2.45) is 0 Å². The normalized spacial score (nSPS) is 14.3. The predicted octanol–water partition coefficient (Wildman–Crippen LogP) is 3.70. The van der Waals surface area contributed by atoms with Gasteiger partial charge in [-0.25, -0.2) is 0 Å². The number of nitrogens with one attached hydrogen (secondary N) is 1. The smallest absolute Gasteiger partial charge is 0.104 e. The fourth-order valence-electron chi connectivity index (χ4n) is 1.61. The minimum Gasteiger partial charge on any atom is -0.295 e. The van der Waals surface area contributed by atoms with Crippen molar-refractivity contribution in [1.82, 2.24) is 5.32 Å². The van der Waals surface area contributed by atoms with Crippen LogP contribution in [0.1, 0.15) is 44.4 Å². The average Bonchev–Trinajstić information content (AvgIpc) is 2.80. The van der Waals surface area contributed by atoms with Crippen LogP contribution in [-0.2, 0) is 6.54 Å². The van der Waals surface area contributed by atoms with E-state index < -0.39 is 0 Å². The second kappa shape index (κ2) is 6.67. The minimum atomic E-state index is -0.376. The highest BCUT2D eigenvalue weighted by atomic mass is 32.1. The zero-order chi connectivity index (χ0) is 11.9. The molecular formula is C13H20N2S. The molecule has 1 unspecified atom stereocenters. The summed E-state index contributed by atoms with van der Waals surface area (Å²) < 4.78 is 0. The zero-order valence-electron chi connectivity index (χ0n) is 10.1. The summed E-state index contributed by atoms with van der Waals surface area (Å²) >= 11 is 1.73. The summed E-state index contributed by atoms with van der Waals surface area (Å²) in [7, 11) is 0. The molecule has 1 atom stereocenters. The third-order valence-electron chi connectivity index (χ3n) is 2.76. The Balaban J connectivity index is 2.38. The minimum absolute atomic E-state index is 0.376. The van der Waals surface area contributed by atoms with E-state index in [1.807, 2.05) is 13.0 Å². The summed E-state index contributed by atoms with van der Waals surface area (Å²) in [5.41, 5.74) is -0.376. The first-order valence-electron chi connectivity index (χ1n) is 5.89. The Morgan fingerprint density at radius 3 is 2.88 bits per heavy atom. The van der Waals surface area contributed by atoms with Gasteiger partial charge in [0.2, 0.25) is 0 Å². The van der Waals surface area contributed by atoms with E-state index in [0.29, 0.717) is 0 Å². The highest BCUT2D eigenvalue weighted by molar-refractivity contribution is 7.09. The average molecular weight is 236 g/mol. The molecule has 0 saturated carbocycles. The molecule has 1 heterocycles. The van der Waals surface area contributed by atoms with E-state index in [1.54, 1.807) is 11.3 Å². The van der Waals surface area contributed by atoms with Gasteiger partial charge in [-0.3, -0.25) is 5.32 Å². The third kappa shape index (κ3) is 4.34. The molecule has 0 fully saturated rings. The standard InChI is InChI=1S/C13H20N2S/c1-3-4-5-8-13(2,11-14)15-10-12-7-6-9-16-12/h6-7,9,15H,3-5,8,10H2,1-2H3. The Bertz CT molecular complexity index is 326. The summed E-state index contributed by atoms with van der Waals surface area (Å²) in [5.74, 6) is 0. The maximum absolute atomic E-state index is 9.20. The molecule has 0 aliphatic rings. The van der Waals surface area contributed by atoms with Gasteiger partial charge in [0.1, 0.15) is 5.54 Å². The van der Waals surface area contributed by atoms with Gasteiger partial charge in [-0.2, -0.15) is 5.26 Å². The summed E-state index contributed by atoms with van der Waals surface area (Å²) in [5, 5.41) is 14.6. The molecule has 0 aliphatic carbocycles. The van der Waals surface area contributed by atoms with Gasteiger partial charge in [-0.15, -0.1) is 11.3 Å². The van der Waals surface area contributed by atoms with Crippen molar-refractivity contribution in [1.29, 1.82) is 5.26 Å².